The molecule has 4 aromatic rings. The molecule has 1 aliphatic carbocycles. The van der Waals surface area contributed by atoms with Gasteiger partial charge in [-0.1, -0.05) is 128 Å². The first-order valence-electron chi connectivity index (χ1n) is 27.7. The lowest BCUT2D eigenvalue weighted by Gasteiger charge is -2.43. The van der Waals surface area contributed by atoms with E-state index in [0.717, 1.165) is 36.0 Å². The molecule has 9 atom stereocenters. The minimum absolute atomic E-state index is 0.0241. The highest BCUT2D eigenvalue weighted by Crippen LogP contribution is 2.34. The molecule has 16 heteroatoms. The van der Waals surface area contributed by atoms with E-state index in [2.05, 4.69) is 32.7 Å². The van der Waals surface area contributed by atoms with Gasteiger partial charge >= 0.3 is 0 Å². The van der Waals surface area contributed by atoms with Crippen molar-refractivity contribution in [2.75, 3.05) is 13.6 Å². The highest BCUT2D eigenvalue weighted by molar-refractivity contribution is 5.97. The molecule has 0 aromatic heterocycles. The van der Waals surface area contributed by atoms with Gasteiger partial charge < -0.3 is 41.3 Å². The van der Waals surface area contributed by atoms with E-state index in [1.807, 2.05) is 105 Å². The Labute approximate surface area is 460 Å². The van der Waals surface area contributed by atoms with Gasteiger partial charge in [0.2, 0.25) is 35.4 Å². The Balaban J connectivity index is 1.14. The van der Waals surface area contributed by atoms with Crippen molar-refractivity contribution in [2.45, 2.75) is 169 Å². The second-order valence-corrected chi connectivity index (χ2v) is 23.8. The monoisotopic (exact) mass is 1070 g/mol. The first-order valence-corrected chi connectivity index (χ1v) is 27.7. The third-order valence-electron chi connectivity index (χ3n) is 16.1. The van der Waals surface area contributed by atoms with E-state index in [1.165, 1.54) is 22.6 Å². The van der Waals surface area contributed by atoms with Crippen molar-refractivity contribution in [1.82, 2.24) is 41.3 Å². The lowest BCUT2D eigenvalue weighted by atomic mass is 9.83. The van der Waals surface area contributed by atoms with Gasteiger partial charge in [0.1, 0.15) is 30.0 Å². The molecule has 15 nitrogen and oxygen atoms in total. The van der Waals surface area contributed by atoms with Gasteiger partial charge in [-0.15, -0.1) is 0 Å². The molecular formula is C62H81FN8O7. The Hall–Kier alpha value is -6.94. The number of likely N-dealkylation sites (N-methyl/N-ethyl adjacent to an activating group) is 1. The maximum atomic E-state index is 15.5. The molecule has 7 rings (SSSR count). The topological polar surface area (TPSA) is 189 Å². The normalized spacial score (nSPS) is 20.2. The Kier molecular flexibility index (Phi) is 18.7. The minimum Gasteiger partial charge on any atom is -0.347 e. The number of fused-ring (bicyclic) bond motifs is 2. The summed E-state index contributed by atoms with van der Waals surface area (Å²) in [6.07, 6.45) is 3.50. The van der Waals surface area contributed by atoms with Crippen LogP contribution in [0.4, 0.5) is 4.39 Å². The molecule has 7 amide bonds. The fourth-order valence-electron chi connectivity index (χ4n) is 10.8. The average Bonchev–Trinajstić information content (AvgIpc) is 3.96. The molecular weight excluding hydrogens is 988 g/mol. The molecule has 1 saturated heterocycles. The summed E-state index contributed by atoms with van der Waals surface area (Å²) in [6, 6.07) is 22.7. The maximum absolute atomic E-state index is 15.5. The fourth-order valence-corrected chi connectivity index (χ4v) is 10.8. The summed E-state index contributed by atoms with van der Waals surface area (Å²) in [5.74, 6) is -3.25. The van der Waals surface area contributed by atoms with Crippen LogP contribution in [0.1, 0.15) is 151 Å². The zero-order valence-corrected chi connectivity index (χ0v) is 47.4. The molecule has 418 valence electrons. The number of carbonyl (C=O) groups excluding carboxylic acids is 7. The second kappa shape index (κ2) is 24.8. The van der Waals surface area contributed by atoms with Gasteiger partial charge in [0.15, 0.2) is 0 Å². The lowest BCUT2D eigenvalue weighted by Crippen LogP contribution is -2.61. The predicted molar refractivity (Wildman–Crippen MR) is 299 cm³/mol. The number of rotatable bonds is 17. The number of hydrogen-bond donors (Lipinski definition) is 5. The molecule has 4 aromatic carbocycles. The Morgan fingerprint density at radius 3 is 1.91 bits per heavy atom. The van der Waals surface area contributed by atoms with Crippen LogP contribution in [0.5, 0.6) is 0 Å². The van der Waals surface area contributed by atoms with Crippen LogP contribution in [0.3, 0.4) is 0 Å². The number of carbonyl (C=O) groups is 7. The Bertz CT molecular complexity index is 2830. The van der Waals surface area contributed by atoms with Gasteiger partial charge in [-0.25, -0.2) is 4.39 Å². The zero-order chi connectivity index (χ0) is 56.8. The Morgan fingerprint density at radius 2 is 1.29 bits per heavy atom. The molecule has 0 saturated carbocycles. The molecule has 0 bridgehead atoms. The van der Waals surface area contributed by atoms with E-state index < -0.39 is 70.8 Å². The number of benzene rings is 4. The average molecular weight is 1070 g/mol. The molecule has 0 spiro atoms. The van der Waals surface area contributed by atoms with Crippen LogP contribution in [-0.2, 0) is 54.7 Å². The largest absolute Gasteiger partial charge is 0.347 e. The van der Waals surface area contributed by atoms with Gasteiger partial charge in [0.25, 0.3) is 5.91 Å². The predicted octanol–water partition coefficient (Wildman–Crippen LogP) is 7.48. The van der Waals surface area contributed by atoms with Crippen molar-refractivity contribution in [1.29, 1.82) is 0 Å². The van der Waals surface area contributed by atoms with E-state index in [0.29, 0.717) is 23.1 Å². The molecule has 3 aliphatic rings. The van der Waals surface area contributed by atoms with Crippen molar-refractivity contribution >= 4 is 41.4 Å². The summed E-state index contributed by atoms with van der Waals surface area (Å²) in [5.41, 5.74) is 4.27. The van der Waals surface area contributed by atoms with Crippen LogP contribution in [-0.4, -0.2) is 106 Å². The highest BCUT2D eigenvalue weighted by atomic mass is 19.1. The summed E-state index contributed by atoms with van der Waals surface area (Å²) in [5, 5.41) is 15.2. The van der Waals surface area contributed by atoms with Crippen LogP contribution in [0.25, 0.3) is 0 Å². The highest BCUT2D eigenvalue weighted by Gasteiger charge is 2.47. The molecule has 2 aliphatic heterocycles. The van der Waals surface area contributed by atoms with Gasteiger partial charge in [0.05, 0.1) is 18.1 Å². The SMILES string of the molecule is CC[C@@H](C)C(=O)N[C@H](C(=O)N1Cc2ccccc2C[C@H]1C(=O)N(Cc1ccc(C(=O)N[C@H]2C[C@@H](C(=O)N[C@@H]3CCCc4ccccc43)N(C(=O)[C@@H](NC(=O)[C@H](C)NC)C(C)(C)C)C2)cc1)[C@H](C)c1ccc(F)cc1)C(C)(C)C. The Morgan fingerprint density at radius 1 is 0.705 bits per heavy atom. The molecule has 2 heterocycles. The summed E-state index contributed by atoms with van der Waals surface area (Å²) < 4.78 is 14.3. The second-order valence-electron chi connectivity index (χ2n) is 23.8. The third-order valence-corrected chi connectivity index (χ3v) is 16.1. The van der Waals surface area contributed by atoms with Crippen LogP contribution >= 0.6 is 0 Å². The smallest absolute Gasteiger partial charge is 0.251 e. The van der Waals surface area contributed by atoms with E-state index in [4.69, 9.17) is 0 Å². The van der Waals surface area contributed by atoms with Crippen molar-refractivity contribution < 1.29 is 38.0 Å². The quantitative estimate of drug-likeness (QED) is 0.0720. The first kappa shape index (κ1) is 58.7. The number of likely N-dealkylation sites (tertiary alicyclic amines) is 1. The summed E-state index contributed by atoms with van der Waals surface area (Å²) >= 11 is 0. The number of hydrogen-bond acceptors (Lipinski definition) is 8. The number of aryl methyl sites for hydroxylation is 1. The molecule has 0 unspecified atom stereocenters. The van der Waals surface area contributed by atoms with Crippen molar-refractivity contribution in [2.24, 2.45) is 16.7 Å². The lowest BCUT2D eigenvalue weighted by molar-refractivity contribution is -0.152. The third kappa shape index (κ3) is 13.7. The first-order chi connectivity index (χ1) is 36.9. The van der Waals surface area contributed by atoms with Gasteiger partial charge in [0, 0.05) is 43.6 Å². The van der Waals surface area contributed by atoms with E-state index >= 15 is 4.79 Å². The summed E-state index contributed by atoms with van der Waals surface area (Å²) in [6.45, 7) is 18.8. The van der Waals surface area contributed by atoms with Crippen LogP contribution in [0.15, 0.2) is 97.1 Å². The fraction of sp³-hybridized carbons (Fsp3) is 0.500. The van der Waals surface area contributed by atoms with Gasteiger partial charge in [-0.3, -0.25) is 33.6 Å². The van der Waals surface area contributed by atoms with Gasteiger partial charge in [-0.2, -0.15) is 0 Å². The standard InChI is InChI=1S/C62H81FN8O7/c1-12-37(2)54(72)67-52(61(5,6)7)59(77)70-35-45-20-14-13-19-44(45)32-51(70)58(76)69(39(4)41-28-30-46(63)31-29-41)34-40-24-26-43(27-25-40)56(74)65-47-33-50(57(75)66-49-23-17-21-42-18-15-16-22-48(42)49)71(36-47)60(78)53(62(8,9)10)68-55(73)38(3)64-11/h13-16,18-20,22,24-31,37-39,47,49-53,64H,12,17,21,23,32-36H2,1-11H3,(H,65,74)(H,66,75)(H,67,72)(H,68,73)/t37-,38+,39-,47+,49-,50+,51+,52-,53-/m1/s1. The van der Waals surface area contributed by atoms with Gasteiger partial charge in [-0.05, 0) is 121 Å². The van der Waals surface area contributed by atoms with Crippen LogP contribution in [0, 0.1) is 22.6 Å². The zero-order valence-electron chi connectivity index (χ0n) is 47.4. The maximum Gasteiger partial charge on any atom is 0.251 e. The van der Waals surface area contributed by atoms with Crippen molar-refractivity contribution in [3.63, 3.8) is 0 Å². The number of nitrogens with zero attached hydrogens (tertiary/aromatic N) is 3. The molecule has 5 N–H and O–H groups in total. The van der Waals surface area contributed by atoms with E-state index in [-0.39, 0.29) is 74.0 Å². The van der Waals surface area contributed by atoms with Crippen LogP contribution < -0.4 is 26.6 Å². The van der Waals surface area contributed by atoms with Crippen molar-refractivity contribution in [3.8, 4) is 0 Å². The van der Waals surface area contributed by atoms with Crippen LogP contribution in [0.2, 0.25) is 0 Å². The van der Waals surface area contributed by atoms with E-state index in [9.17, 15) is 33.2 Å². The molecule has 1 fully saturated rings. The number of amides is 7. The molecule has 0 radical (unpaired) electrons. The number of nitrogens with one attached hydrogen (secondary N) is 5. The minimum atomic E-state index is -0.981. The molecule has 78 heavy (non-hydrogen) atoms. The number of halogens is 1. The van der Waals surface area contributed by atoms with E-state index in [1.54, 1.807) is 60.2 Å². The summed E-state index contributed by atoms with van der Waals surface area (Å²) in [4.78, 5) is 105. The van der Waals surface area contributed by atoms with Crippen molar-refractivity contribution in [3.05, 3.63) is 142 Å². The summed E-state index contributed by atoms with van der Waals surface area (Å²) in [7, 11) is 1.66.